The molecule has 14 heavy (non-hydrogen) atoms. The van der Waals surface area contributed by atoms with Crippen LogP contribution >= 0.6 is 0 Å². The summed E-state index contributed by atoms with van der Waals surface area (Å²) in [4.78, 5) is 10.3. The maximum atomic E-state index is 10.3. The molecule has 0 aromatic rings. The number of rotatable bonds is 8. The van der Waals surface area contributed by atoms with Crippen molar-refractivity contribution in [2.24, 2.45) is 5.73 Å². The first-order chi connectivity index (χ1) is 6.66. The van der Waals surface area contributed by atoms with E-state index in [0.29, 0.717) is 6.54 Å². The molecule has 0 radical (unpaired) electrons. The molecule has 4 nitrogen and oxygen atoms in total. The average molecular weight is 202 g/mol. The smallest absolute Gasteiger partial charge is 0.312 e. The van der Waals surface area contributed by atoms with Crippen LogP contribution in [0, 0.1) is 0 Å². The van der Waals surface area contributed by atoms with Crippen molar-refractivity contribution in [1.82, 2.24) is 5.32 Å². The molecule has 0 saturated heterocycles. The van der Waals surface area contributed by atoms with Gasteiger partial charge in [-0.15, -0.1) is 0 Å². The summed E-state index contributed by atoms with van der Waals surface area (Å²) in [5, 5.41) is 12.0. The largest absolute Gasteiger partial charge is 0.393 e. The molecule has 0 aliphatic carbocycles. The van der Waals surface area contributed by atoms with Crippen LogP contribution in [-0.2, 0) is 0 Å². The minimum absolute atomic E-state index is 0.226. The molecule has 0 aliphatic heterocycles. The second-order valence-corrected chi connectivity index (χ2v) is 3.58. The number of aliphatic hydroxyl groups is 1. The Kier molecular flexibility index (Phi) is 8.33. The van der Waals surface area contributed by atoms with Gasteiger partial charge in [0.25, 0.3) is 0 Å². The van der Waals surface area contributed by atoms with E-state index in [-0.39, 0.29) is 6.10 Å². The summed E-state index contributed by atoms with van der Waals surface area (Å²) in [6.07, 6.45) is 5.61. The average Bonchev–Trinajstić information content (AvgIpc) is 2.13. The van der Waals surface area contributed by atoms with Crippen molar-refractivity contribution in [2.75, 3.05) is 6.54 Å². The van der Waals surface area contributed by atoms with Crippen molar-refractivity contribution in [3.63, 3.8) is 0 Å². The van der Waals surface area contributed by atoms with E-state index in [2.05, 4.69) is 12.2 Å². The standard InChI is InChI=1S/C10H22N2O2/c1-2-3-4-6-9(13)7-5-8-12-10(11)14/h9,13H,2-8H2,1H3,(H3,11,12,14). The fourth-order valence-electron chi connectivity index (χ4n) is 1.32. The van der Waals surface area contributed by atoms with Gasteiger partial charge in [0, 0.05) is 6.54 Å². The molecule has 0 saturated carbocycles. The lowest BCUT2D eigenvalue weighted by Crippen LogP contribution is -2.30. The third-order valence-electron chi connectivity index (χ3n) is 2.15. The highest BCUT2D eigenvalue weighted by Gasteiger charge is 2.03. The number of hydrogen-bond acceptors (Lipinski definition) is 2. The van der Waals surface area contributed by atoms with Crippen LogP contribution in [0.5, 0.6) is 0 Å². The molecule has 0 aromatic heterocycles. The van der Waals surface area contributed by atoms with Gasteiger partial charge >= 0.3 is 6.03 Å². The summed E-state index contributed by atoms with van der Waals surface area (Å²) >= 11 is 0. The van der Waals surface area contributed by atoms with E-state index in [9.17, 15) is 9.90 Å². The zero-order valence-corrected chi connectivity index (χ0v) is 8.96. The number of primary amides is 1. The van der Waals surface area contributed by atoms with E-state index in [4.69, 9.17) is 5.73 Å². The van der Waals surface area contributed by atoms with Crippen molar-refractivity contribution < 1.29 is 9.90 Å². The maximum Gasteiger partial charge on any atom is 0.312 e. The van der Waals surface area contributed by atoms with Crippen molar-refractivity contribution in [1.29, 1.82) is 0 Å². The van der Waals surface area contributed by atoms with Gasteiger partial charge in [0.1, 0.15) is 0 Å². The number of urea groups is 1. The lowest BCUT2D eigenvalue weighted by molar-refractivity contribution is 0.148. The molecule has 0 bridgehead atoms. The Bertz CT molecular complexity index is 151. The topological polar surface area (TPSA) is 75.3 Å². The maximum absolute atomic E-state index is 10.3. The molecule has 0 rings (SSSR count). The van der Waals surface area contributed by atoms with Crippen LogP contribution < -0.4 is 11.1 Å². The van der Waals surface area contributed by atoms with Crippen molar-refractivity contribution in [3.8, 4) is 0 Å². The predicted octanol–water partition coefficient (Wildman–Crippen LogP) is 1.38. The molecule has 4 N–H and O–H groups in total. The first kappa shape index (κ1) is 13.2. The van der Waals surface area contributed by atoms with Gasteiger partial charge in [-0.2, -0.15) is 0 Å². The minimum Gasteiger partial charge on any atom is -0.393 e. The molecule has 0 spiro atoms. The molecule has 1 unspecified atom stereocenters. The van der Waals surface area contributed by atoms with Gasteiger partial charge in [-0.25, -0.2) is 4.79 Å². The van der Waals surface area contributed by atoms with Crippen LogP contribution in [0.1, 0.15) is 45.4 Å². The van der Waals surface area contributed by atoms with Crippen LogP contribution in [-0.4, -0.2) is 23.8 Å². The van der Waals surface area contributed by atoms with Crippen LogP contribution in [0.2, 0.25) is 0 Å². The molecule has 0 fully saturated rings. The number of carbonyl (C=O) groups excluding carboxylic acids is 1. The highest BCUT2D eigenvalue weighted by molar-refractivity contribution is 5.71. The predicted molar refractivity (Wildman–Crippen MR) is 57.0 cm³/mol. The Morgan fingerprint density at radius 2 is 2.00 bits per heavy atom. The first-order valence-corrected chi connectivity index (χ1v) is 5.38. The van der Waals surface area contributed by atoms with Crippen molar-refractivity contribution in [3.05, 3.63) is 0 Å². The van der Waals surface area contributed by atoms with Crippen LogP contribution in [0.15, 0.2) is 0 Å². The molecule has 2 amide bonds. The summed E-state index contributed by atoms with van der Waals surface area (Å²) < 4.78 is 0. The molecule has 4 heteroatoms. The first-order valence-electron chi connectivity index (χ1n) is 5.38. The Balaban J connectivity index is 3.18. The highest BCUT2D eigenvalue weighted by atomic mass is 16.3. The van der Waals surface area contributed by atoms with E-state index in [1.807, 2.05) is 0 Å². The van der Waals surface area contributed by atoms with E-state index in [0.717, 1.165) is 25.7 Å². The van der Waals surface area contributed by atoms with Crippen molar-refractivity contribution >= 4 is 6.03 Å². The molecule has 0 aliphatic rings. The molecular formula is C10H22N2O2. The number of unbranched alkanes of at least 4 members (excludes halogenated alkanes) is 2. The quantitative estimate of drug-likeness (QED) is 0.520. The summed E-state index contributed by atoms with van der Waals surface area (Å²) in [5.74, 6) is 0. The Morgan fingerprint density at radius 3 is 2.57 bits per heavy atom. The summed E-state index contributed by atoms with van der Waals surface area (Å²) in [6, 6.07) is -0.495. The Labute approximate surface area is 85.9 Å². The van der Waals surface area contributed by atoms with E-state index in [1.165, 1.54) is 12.8 Å². The zero-order valence-electron chi connectivity index (χ0n) is 8.96. The minimum atomic E-state index is -0.495. The number of carbonyl (C=O) groups is 1. The van der Waals surface area contributed by atoms with E-state index in [1.54, 1.807) is 0 Å². The van der Waals surface area contributed by atoms with E-state index >= 15 is 0 Å². The molecule has 0 aromatic carbocycles. The molecule has 1 atom stereocenters. The van der Waals surface area contributed by atoms with Gasteiger partial charge in [0.2, 0.25) is 0 Å². The normalized spacial score (nSPS) is 12.4. The highest BCUT2D eigenvalue weighted by Crippen LogP contribution is 2.07. The summed E-state index contributed by atoms with van der Waals surface area (Å²) in [7, 11) is 0. The fraction of sp³-hybridized carbons (Fsp3) is 0.900. The summed E-state index contributed by atoms with van der Waals surface area (Å²) in [5.41, 5.74) is 4.90. The monoisotopic (exact) mass is 202 g/mol. The Hall–Kier alpha value is -0.770. The summed E-state index contributed by atoms with van der Waals surface area (Å²) in [6.45, 7) is 2.70. The van der Waals surface area contributed by atoms with Gasteiger partial charge in [-0.3, -0.25) is 0 Å². The lowest BCUT2D eigenvalue weighted by atomic mass is 10.1. The second kappa shape index (κ2) is 8.81. The van der Waals surface area contributed by atoms with Crippen LogP contribution in [0.4, 0.5) is 4.79 Å². The number of amides is 2. The Morgan fingerprint density at radius 1 is 1.36 bits per heavy atom. The second-order valence-electron chi connectivity index (χ2n) is 3.58. The zero-order chi connectivity index (χ0) is 10.8. The third-order valence-corrected chi connectivity index (χ3v) is 2.15. The SMILES string of the molecule is CCCCCC(O)CCCNC(N)=O. The number of aliphatic hydroxyl groups excluding tert-OH is 1. The molecule has 84 valence electrons. The third kappa shape index (κ3) is 9.32. The van der Waals surface area contributed by atoms with Gasteiger partial charge in [-0.1, -0.05) is 26.2 Å². The molecule has 0 heterocycles. The lowest BCUT2D eigenvalue weighted by Gasteiger charge is -2.09. The van der Waals surface area contributed by atoms with Crippen molar-refractivity contribution in [2.45, 2.75) is 51.6 Å². The molecular weight excluding hydrogens is 180 g/mol. The van der Waals surface area contributed by atoms with Gasteiger partial charge in [0.15, 0.2) is 0 Å². The fourth-order valence-corrected chi connectivity index (χ4v) is 1.32. The van der Waals surface area contributed by atoms with Crippen LogP contribution in [0.25, 0.3) is 0 Å². The number of nitrogens with two attached hydrogens (primary N) is 1. The van der Waals surface area contributed by atoms with Gasteiger partial charge in [-0.05, 0) is 19.3 Å². The van der Waals surface area contributed by atoms with Crippen LogP contribution in [0.3, 0.4) is 0 Å². The number of hydrogen-bond donors (Lipinski definition) is 3. The van der Waals surface area contributed by atoms with E-state index < -0.39 is 6.03 Å². The number of nitrogens with one attached hydrogen (secondary N) is 1. The van der Waals surface area contributed by atoms with Gasteiger partial charge in [0.05, 0.1) is 6.10 Å². The van der Waals surface area contributed by atoms with Gasteiger partial charge < -0.3 is 16.2 Å².